The lowest BCUT2D eigenvalue weighted by Gasteiger charge is -2.33. The highest BCUT2D eigenvalue weighted by Gasteiger charge is 2.40. The smallest absolute Gasteiger partial charge is 0.224 e. The molecule has 0 saturated carbocycles. The Morgan fingerprint density at radius 2 is 2.35 bits per heavy atom. The lowest BCUT2D eigenvalue weighted by Crippen LogP contribution is -2.48. The van der Waals surface area contributed by atoms with Gasteiger partial charge in [-0.05, 0) is 26.2 Å². The molecule has 2 fully saturated rings. The van der Waals surface area contributed by atoms with Crippen LogP contribution in [-0.2, 0) is 9.59 Å². The molecular weight excluding hydrogens is 218 g/mol. The van der Waals surface area contributed by atoms with Crippen LogP contribution in [0.5, 0.6) is 0 Å². The number of rotatable bonds is 4. The summed E-state index contributed by atoms with van der Waals surface area (Å²) in [7, 11) is 0. The number of carbonyl (C=O) groups is 2. The first-order valence-electron chi connectivity index (χ1n) is 6.41. The molecule has 96 valence electrons. The Morgan fingerprint density at radius 1 is 1.59 bits per heavy atom. The summed E-state index contributed by atoms with van der Waals surface area (Å²) in [6, 6.07) is 0.566. The molecule has 2 rings (SSSR count). The molecular formula is C12H21N3O2. The molecule has 2 amide bonds. The highest BCUT2D eigenvalue weighted by atomic mass is 16.2. The zero-order chi connectivity index (χ0) is 12.4. The van der Waals surface area contributed by atoms with Crippen molar-refractivity contribution in [3.8, 4) is 0 Å². The Hall–Kier alpha value is -1.10. The van der Waals surface area contributed by atoms with Crippen LogP contribution in [0.2, 0.25) is 0 Å². The van der Waals surface area contributed by atoms with Crippen LogP contribution in [0.15, 0.2) is 0 Å². The summed E-state index contributed by atoms with van der Waals surface area (Å²) in [5.41, 5.74) is 5.17. The molecule has 5 nitrogen and oxygen atoms in total. The fourth-order valence-electron chi connectivity index (χ4n) is 3.02. The highest BCUT2D eigenvalue weighted by Crippen LogP contribution is 2.28. The fourth-order valence-corrected chi connectivity index (χ4v) is 3.02. The molecule has 17 heavy (non-hydrogen) atoms. The molecule has 0 aliphatic carbocycles. The molecule has 2 saturated heterocycles. The SMILES string of the molecule is CC(CC(N)=O)NC1CC(=O)N2CCCCC12. The van der Waals surface area contributed by atoms with Crippen molar-refractivity contribution < 1.29 is 9.59 Å². The molecule has 3 unspecified atom stereocenters. The molecule has 5 heteroatoms. The third kappa shape index (κ3) is 2.77. The third-order valence-electron chi connectivity index (χ3n) is 3.73. The van der Waals surface area contributed by atoms with Gasteiger partial charge >= 0.3 is 0 Å². The monoisotopic (exact) mass is 239 g/mol. The van der Waals surface area contributed by atoms with Gasteiger partial charge in [0.2, 0.25) is 11.8 Å². The first-order valence-corrected chi connectivity index (χ1v) is 6.41. The van der Waals surface area contributed by atoms with Crippen molar-refractivity contribution >= 4 is 11.8 Å². The molecule has 0 bridgehead atoms. The number of hydrogen-bond donors (Lipinski definition) is 2. The molecule has 2 heterocycles. The average molecular weight is 239 g/mol. The first-order chi connectivity index (χ1) is 8.08. The topological polar surface area (TPSA) is 75.4 Å². The molecule has 2 aliphatic heterocycles. The van der Waals surface area contributed by atoms with Gasteiger partial charge in [-0.2, -0.15) is 0 Å². The lowest BCUT2D eigenvalue weighted by atomic mass is 9.98. The summed E-state index contributed by atoms with van der Waals surface area (Å²) < 4.78 is 0. The Bertz CT molecular complexity index is 319. The van der Waals surface area contributed by atoms with Crippen LogP contribution in [0.3, 0.4) is 0 Å². The van der Waals surface area contributed by atoms with Gasteiger partial charge < -0.3 is 16.0 Å². The van der Waals surface area contributed by atoms with E-state index in [1.807, 2.05) is 11.8 Å². The molecule has 0 aromatic carbocycles. The van der Waals surface area contributed by atoms with E-state index in [2.05, 4.69) is 5.32 Å². The molecule has 3 N–H and O–H groups in total. The normalized spacial score (nSPS) is 30.2. The first kappa shape index (κ1) is 12.4. The van der Waals surface area contributed by atoms with Gasteiger partial charge in [-0.3, -0.25) is 9.59 Å². The highest BCUT2D eigenvalue weighted by molar-refractivity contribution is 5.80. The molecule has 0 radical (unpaired) electrons. The minimum Gasteiger partial charge on any atom is -0.370 e. The van der Waals surface area contributed by atoms with E-state index < -0.39 is 0 Å². The van der Waals surface area contributed by atoms with Crippen molar-refractivity contribution in [1.29, 1.82) is 0 Å². The van der Waals surface area contributed by atoms with Crippen LogP contribution in [0.4, 0.5) is 0 Å². The van der Waals surface area contributed by atoms with Crippen LogP contribution in [0.1, 0.15) is 39.0 Å². The van der Waals surface area contributed by atoms with E-state index >= 15 is 0 Å². The number of carbonyl (C=O) groups excluding carboxylic acids is 2. The molecule has 0 aromatic rings. The predicted molar refractivity (Wildman–Crippen MR) is 64.2 cm³/mol. The summed E-state index contributed by atoms with van der Waals surface area (Å²) in [5, 5.41) is 3.38. The average Bonchev–Trinajstić information content (AvgIpc) is 2.55. The second-order valence-corrected chi connectivity index (χ2v) is 5.20. The Kier molecular flexibility index (Phi) is 3.66. The van der Waals surface area contributed by atoms with Crippen molar-refractivity contribution in [2.45, 2.75) is 57.2 Å². The van der Waals surface area contributed by atoms with Gasteiger partial charge in [0.05, 0.1) is 0 Å². The summed E-state index contributed by atoms with van der Waals surface area (Å²) >= 11 is 0. The van der Waals surface area contributed by atoms with Crippen LogP contribution in [0, 0.1) is 0 Å². The molecule has 0 spiro atoms. The van der Waals surface area contributed by atoms with E-state index in [9.17, 15) is 9.59 Å². The van der Waals surface area contributed by atoms with Gasteiger partial charge in [-0.25, -0.2) is 0 Å². The maximum atomic E-state index is 11.8. The van der Waals surface area contributed by atoms with E-state index in [1.165, 1.54) is 6.42 Å². The van der Waals surface area contributed by atoms with Crippen molar-refractivity contribution in [2.24, 2.45) is 5.73 Å². The van der Waals surface area contributed by atoms with E-state index in [4.69, 9.17) is 5.73 Å². The van der Waals surface area contributed by atoms with Crippen molar-refractivity contribution in [3.05, 3.63) is 0 Å². The number of nitrogens with zero attached hydrogens (tertiary/aromatic N) is 1. The summed E-state index contributed by atoms with van der Waals surface area (Å²) in [4.78, 5) is 24.7. The molecule has 0 aromatic heterocycles. The van der Waals surface area contributed by atoms with Crippen molar-refractivity contribution in [2.75, 3.05) is 6.54 Å². The van der Waals surface area contributed by atoms with Gasteiger partial charge in [0.25, 0.3) is 0 Å². The van der Waals surface area contributed by atoms with E-state index in [1.54, 1.807) is 0 Å². The number of primary amides is 1. The number of nitrogens with one attached hydrogen (secondary N) is 1. The van der Waals surface area contributed by atoms with Gasteiger partial charge in [0, 0.05) is 37.5 Å². The third-order valence-corrected chi connectivity index (χ3v) is 3.73. The Balaban J connectivity index is 1.92. The second kappa shape index (κ2) is 5.04. The predicted octanol–water partition coefficient (Wildman–Crippen LogP) is -0.00670. The van der Waals surface area contributed by atoms with Crippen LogP contribution >= 0.6 is 0 Å². The van der Waals surface area contributed by atoms with E-state index in [0.717, 1.165) is 19.4 Å². The summed E-state index contributed by atoms with van der Waals surface area (Å²) in [6.07, 6.45) is 4.28. The van der Waals surface area contributed by atoms with Gasteiger partial charge in [-0.1, -0.05) is 0 Å². The quantitative estimate of drug-likeness (QED) is 0.724. The van der Waals surface area contributed by atoms with Gasteiger partial charge in [0.1, 0.15) is 0 Å². The Morgan fingerprint density at radius 3 is 3.06 bits per heavy atom. The Labute approximate surface area is 102 Å². The van der Waals surface area contributed by atoms with Gasteiger partial charge in [-0.15, -0.1) is 0 Å². The number of fused-ring (bicyclic) bond motifs is 1. The number of nitrogens with two attached hydrogens (primary N) is 1. The van der Waals surface area contributed by atoms with Crippen LogP contribution < -0.4 is 11.1 Å². The molecule has 3 atom stereocenters. The molecule has 2 aliphatic rings. The summed E-state index contributed by atoms with van der Waals surface area (Å²) in [5.74, 6) is -0.0479. The fraction of sp³-hybridized carbons (Fsp3) is 0.833. The van der Waals surface area contributed by atoms with Crippen molar-refractivity contribution in [3.63, 3.8) is 0 Å². The van der Waals surface area contributed by atoms with E-state index in [0.29, 0.717) is 18.9 Å². The standard InChI is InChI=1S/C12H21N3O2/c1-8(6-11(13)16)14-9-7-12(17)15-5-3-2-4-10(9)15/h8-10,14H,2-7H2,1H3,(H2,13,16). The van der Waals surface area contributed by atoms with E-state index in [-0.39, 0.29) is 23.9 Å². The summed E-state index contributed by atoms with van der Waals surface area (Å²) in [6.45, 7) is 2.84. The van der Waals surface area contributed by atoms with Crippen molar-refractivity contribution in [1.82, 2.24) is 10.2 Å². The van der Waals surface area contributed by atoms with Gasteiger partial charge in [0.15, 0.2) is 0 Å². The largest absolute Gasteiger partial charge is 0.370 e. The van der Waals surface area contributed by atoms with Crippen LogP contribution in [-0.4, -0.2) is 41.4 Å². The van der Waals surface area contributed by atoms with Crippen LogP contribution in [0.25, 0.3) is 0 Å². The maximum absolute atomic E-state index is 11.8. The number of piperidine rings is 1. The zero-order valence-corrected chi connectivity index (χ0v) is 10.3. The lowest BCUT2D eigenvalue weighted by molar-refractivity contribution is -0.129. The minimum atomic E-state index is -0.296. The second-order valence-electron chi connectivity index (χ2n) is 5.20. The zero-order valence-electron chi connectivity index (χ0n) is 10.3. The minimum absolute atomic E-state index is 0.0483. The number of hydrogen-bond acceptors (Lipinski definition) is 3. The number of amides is 2. The maximum Gasteiger partial charge on any atom is 0.224 e.